The molecule has 2 heterocycles. The lowest BCUT2D eigenvalue weighted by atomic mass is 9.82. The van der Waals surface area contributed by atoms with Crippen LogP contribution in [0.5, 0.6) is 0 Å². The van der Waals surface area contributed by atoms with Crippen LogP contribution in [0.2, 0.25) is 0 Å². The fourth-order valence-corrected chi connectivity index (χ4v) is 8.02. The molecule has 246 valence electrons. The fourth-order valence-electron chi connectivity index (χ4n) is 8.02. The van der Waals surface area contributed by atoms with Gasteiger partial charge in [0.15, 0.2) is 17.5 Å². The Morgan fingerprint density at radius 3 is 1.62 bits per heavy atom. The van der Waals surface area contributed by atoms with Gasteiger partial charge in [-0.05, 0) is 63.7 Å². The van der Waals surface area contributed by atoms with E-state index < -0.39 is 0 Å². The van der Waals surface area contributed by atoms with E-state index in [9.17, 15) is 0 Å². The van der Waals surface area contributed by atoms with Crippen LogP contribution in [0, 0.1) is 0 Å². The molecule has 2 aromatic heterocycles. The van der Waals surface area contributed by atoms with E-state index in [-0.39, 0.29) is 5.41 Å². The number of nitrogens with zero attached hydrogens (tertiary/aromatic N) is 4. The SMILES string of the molecule is CC1(C)c2ccccc2-c2cc3c(cc21)c1ccc(-c2ccccc2)cc1n3-c1cccc(-c2nc(-c3ccccc3)nc(-c3ccccc3)n2)c1. The highest BCUT2D eigenvalue weighted by Gasteiger charge is 2.36. The summed E-state index contributed by atoms with van der Waals surface area (Å²) in [5.74, 6) is 1.93. The van der Waals surface area contributed by atoms with Crippen molar-refractivity contribution in [3.63, 3.8) is 0 Å². The van der Waals surface area contributed by atoms with E-state index in [0.29, 0.717) is 17.5 Å². The molecular formula is C48H34N4. The first-order valence-corrected chi connectivity index (χ1v) is 17.8. The van der Waals surface area contributed by atoms with Crippen molar-refractivity contribution in [3.8, 4) is 62.1 Å². The van der Waals surface area contributed by atoms with Crippen molar-refractivity contribution < 1.29 is 0 Å². The smallest absolute Gasteiger partial charge is 0.164 e. The molecule has 1 aliphatic carbocycles. The minimum Gasteiger partial charge on any atom is -0.309 e. The van der Waals surface area contributed by atoms with Crippen molar-refractivity contribution in [1.82, 2.24) is 19.5 Å². The van der Waals surface area contributed by atoms with Gasteiger partial charge in [-0.15, -0.1) is 0 Å². The summed E-state index contributed by atoms with van der Waals surface area (Å²) in [6.45, 7) is 4.70. The van der Waals surface area contributed by atoms with Crippen LogP contribution in [0.4, 0.5) is 0 Å². The van der Waals surface area contributed by atoms with Crippen molar-refractivity contribution >= 4 is 21.8 Å². The van der Waals surface area contributed by atoms with Gasteiger partial charge in [-0.1, -0.05) is 153 Å². The number of hydrogen-bond donors (Lipinski definition) is 0. The molecule has 7 aromatic carbocycles. The van der Waals surface area contributed by atoms with E-state index in [1.165, 1.54) is 49.7 Å². The Morgan fingerprint density at radius 2 is 0.942 bits per heavy atom. The third-order valence-electron chi connectivity index (χ3n) is 10.6. The summed E-state index contributed by atoms with van der Waals surface area (Å²) < 4.78 is 2.42. The van der Waals surface area contributed by atoms with Gasteiger partial charge in [0, 0.05) is 38.6 Å². The molecule has 0 atom stereocenters. The Hall–Kier alpha value is -6.65. The molecule has 52 heavy (non-hydrogen) atoms. The summed E-state index contributed by atoms with van der Waals surface area (Å²) in [6, 6.07) is 60.2. The van der Waals surface area contributed by atoms with Crippen LogP contribution < -0.4 is 0 Å². The average molecular weight is 667 g/mol. The second kappa shape index (κ2) is 11.7. The summed E-state index contributed by atoms with van der Waals surface area (Å²) in [4.78, 5) is 15.0. The largest absolute Gasteiger partial charge is 0.309 e. The fraction of sp³-hybridized carbons (Fsp3) is 0.0625. The quantitative estimate of drug-likeness (QED) is 0.184. The zero-order chi connectivity index (χ0) is 34.8. The average Bonchev–Trinajstić information content (AvgIpc) is 3.65. The first-order valence-electron chi connectivity index (χ1n) is 17.8. The van der Waals surface area contributed by atoms with Crippen LogP contribution in [-0.2, 0) is 5.41 Å². The predicted molar refractivity (Wildman–Crippen MR) is 213 cm³/mol. The number of fused-ring (bicyclic) bond motifs is 6. The third kappa shape index (κ3) is 4.79. The van der Waals surface area contributed by atoms with Gasteiger partial charge < -0.3 is 4.57 Å². The van der Waals surface area contributed by atoms with Gasteiger partial charge >= 0.3 is 0 Å². The van der Waals surface area contributed by atoms with E-state index >= 15 is 0 Å². The van der Waals surface area contributed by atoms with Crippen molar-refractivity contribution in [3.05, 3.63) is 181 Å². The molecule has 0 spiro atoms. The van der Waals surface area contributed by atoms with Gasteiger partial charge in [0.2, 0.25) is 0 Å². The highest BCUT2D eigenvalue weighted by molar-refractivity contribution is 6.12. The molecule has 4 heteroatoms. The number of aromatic nitrogens is 4. The van der Waals surface area contributed by atoms with E-state index in [0.717, 1.165) is 27.9 Å². The standard InChI is InChI=1S/C48H34N4/c1-48(2)41-24-13-12-23-37(41)39-30-44-40(29-42(39)48)38-26-25-34(31-15-6-3-7-16-31)28-43(38)52(44)36-22-14-21-35(27-36)47-50-45(32-17-8-4-9-18-32)49-46(51-47)33-19-10-5-11-20-33/h3-30H,1-2H3. The van der Waals surface area contributed by atoms with Crippen LogP contribution in [0.1, 0.15) is 25.0 Å². The Morgan fingerprint density at radius 1 is 0.385 bits per heavy atom. The van der Waals surface area contributed by atoms with Crippen LogP contribution in [0.15, 0.2) is 170 Å². The molecular weight excluding hydrogens is 633 g/mol. The molecule has 10 rings (SSSR count). The van der Waals surface area contributed by atoms with E-state index in [4.69, 9.17) is 15.0 Å². The van der Waals surface area contributed by atoms with Crippen LogP contribution in [0.25, 0.3) is 83.9 Å². The van der Waals surface area contributed by atoms with Gasteiger partial charge in [0.05, 0.1) is 11.0 Å². The number of hydrogen-bond acceptors (Lipinski definition) is 3. The molecule has 0 amide bonds. The first kappa shape index (κ1) is 30.2. The minimum absolute atomic E-state index is 0.0932. The molecule has 0 saturated heterocycles. The van der Waals surface area contributed by atoms with Gasteiger partial charge in [-0.25, -0.2) is 15.0 Å². The Bertz CT molecular complexity index is 2740. The number of rotatable bonds is 5. The minimum atomic E-state index is -0.0932. The highest BCUT2D eigenvalue weighted by Crippen LogP contribution is 2.51. The van der Waals surface area contributed by atoms with Gasteiger partial charge in [0.1, 0.15) is 0 Å². The van der Waals surface area contributed by atoms with Crippen LogP contribution in [-0.4, -0.2) is 19.5 Å². The summed E-state index contributed by atoms with van der Waals surface area (Å²) in [5.41, 5.74) is 13.9. The summed E-state index contributed by atoms with van der Waals surface area (Å²) >= 11 is 0. The second-order valence-corrected chi connectivity index (χ2v) is 14.1. The zero-order valence-corrected chi connectivity index (χ0v) is 29.0. The van der Waals surface area contributed by atoms with Crippen LogP contribution in [0.3, 0.4) is 0 Å². The topological polar surface area (TPSA) is 43.6 Å². The lowest BCUT2D eigenvalue weighted by Crippen LogP contribution is -2.14. The summed E-state index contributed by atoms with van der Waals surface area (Å²) in [7, 11) is 0. The molecule has 1 aliphatic rings. The normalized spacial score (nSPS) is 13.0. The highest BCUT2D eigenvalue weighted by atomic mass is 15.0. The molecule has 0 N–H and O–H groups in total. The maximum Gasteiger partial charge on any atom is 0.164 e. The monoisotopic (exact) mass is 666 g/mol. The molecule has 0 fully saturated rings. The first-order chi connectivity index (χ1) is 25.5. The van der Waals surface area contributed by atoms with Crippen molar-refractivity contribution in [2.45, 2.75) is 19.3 Å². The van der Waals surface area contributed by atoms with Gasteiger partial charge in [-0.3, -0.25) is 0 Å². The molecule has 0 saturated carbocycles. The maximum atomic E-state index is 5.06. The van der Waals surface area contributed by atoms with Gasteiger partial charge in [0.25, 0.3) is 0 Å². The Balaban J connectivity index is 1.22. The Labute approximate surface area is 302 Å². The maximum absolute atomic E-state index is 5.06. The molecule has 9 aromatic rings. The zero-order valence-electron chi connectivity index (χ0n) is 29.0. The van der Waals surface area contributed by atoms with Crippen molar-refractivity contribution in [1.29, 1.82) is 0 Å². The molecule has 0 bridgehead atoms. The lowest BCUT2D eigenvalue weighted by molar-refractivity contribution is 0.661. The molecule has 0 unspecified atom stereocenters. The van der Waals surface area contributed by atoms with E-state index in [2.05, 4.69) is 128 Å². The van der Waals surface area contributed by atoms with Gasteiger partial charge in [-0.2, -0.15) is 0 Å². The summed E-state index contributed by atoms with van der Waals surface area (Å²) in [6.07, 6.45) is 0. The predicted octanol–water partition coefficient (Wildman–Crippen LogP) is 11.9. The Kier molecular flexibility index (Phi) is 6.80. The van der Waals surface area contributed by atoms with E-state index in [1.807, 2.05) is 60.7 Å². The molecule has 0 aliphatic heterocycles. The molecule has 0 radical (unpaired) electrons. The third-order valence-corrected chi connectivity index (χ3v) is 10.6. The van der Waals surface area contributed by atoms with Crippen molar-refractivity contribution in [2.75, 3.05) is 0 Å². The summed E-state index contributed by atoms with van der Waals surface area (Å²) in [5, 5.41) is 2.48. The van der Waals surface area contributed by atoms with Crippen molar-refractivity contribution in [2.24, 2.45) is 0 Å². The lowest BCUT2D eigenvalue weighted by Gasteiger charge is -2.21. The van der Waals surface area contributed by atoms with E-state index in [1.54, 1.807) is 0 Å². The van der Waals surface area contributed by atoms with Crippen LogP contribution >= 0.6 is 0 Å². The molecule has 4 nitrogen and oxygen atoms in total. The number of benzene rings is 7. The second-order valence-electron chi connectivity index (χ2n) is 14.1.